The van der Waals surface area contributed by atoms with Crippen molar-refractivity contribution in [3.63, 3.8) is 0 Å². The second-order valence-corrected chi connectivity index (χ2v) is 6.11. The van der Waals surface area contributed by atoms with Gasteiger partial charge >= 0.3 is 0 Å². The van der Waals surface area contributed by atoms with E-state index in [1.165, 1.54) is 17.7 Å². The van der Waals surface area contributed by atoms with Crippen molar-refractivity contribution in [2.75, 3.05) is 18.0 Å². The zero-order valence-electron chi connectivity index (χ0n) is 12.1. The van der Waals surface area contributed by atoms with Gasteiger partial charge in [0.05, 0.1) is 5.56 Å². The molecule has 1 aromatic heterocycles. The molecular weight excluding hydrogens is 248 g/mol. The highest BCUT2D eigenvalue weighted by molar-refractivity contribution is 5.57. The van der Waals surface area contributed by atoms with E-state index >= 15 is 0 Å². The second kappa shape index (κ2) is 5.41. The summed E-state index contributed by atoms with van der Waals surface area (Å²) in [7, 11) is 0. The van der Waals surface area contributed by atoms with Crippen molar-refractivity contribution < 1.29 is 0 Å². The normalized spacial score (nSPS) is 20.6. The molecule has 1 atom stereocenters. The monoisotopic (exact) mass is 270 g/mol. The molecule has 20 heavy (non-hydrogen) atoms. The van der Waals surface area contributed by atoms with E-state index in [1.54, 1.807) is 0 Å². The maximum atomic E-state index is 9.38. The third-order valence-electron chi connectivity index (χ3n) is 4.73. The predicted octanol–water partition coefficient (Wildman–Crippen LogP) is 2.01. The van der Waals surface area contributed by atoms with Gasteiger partial charge in [0, 0.05) is 24.8 Å². The molecule has 1 aliphatic heterocycles. The summed E-state index contributed by atoms with van der Waals surface area (Å²) in [5.41, 5.74) is 9.21. The number of aromatic nitrogens is 1. The zero-order valence-corrected chi connectivity index (χ0v) is 12.1. The van der Waals surface area contributed by atoms with Crippen LogP contribution in [0.4, 0.5) is 5.82 Å². The Kier molecular flexibility index (Phi) is 3.62. The predicted molar refractivity (Wildman–Crippen MR) is 79.6 cm³/mol. The topological polar surface area (TPSA) is 65.9 Å². The van der Waals surface area contributed by atoms with Gasteiger partial charge in [-0.3, -0.25) is 0 Å². The summed E-state index contributed by atoms with van der Waals surface area (Å²) in [5.74, 6) is 1.50. The van der Waals surface area contributed by atoms with Crippen LogP contribution in [0.15, 0.2) is 6.07 Å². The van der Waals surface area contributed by atoms with Gasteiger partial charge in [-0.15, -0.1) is 0 Å². The van der Waals surface area contributed by atoms with Crippen molar-refractivity contribution in [3.8, 4) is 6.07 Å². The number of pyridine rings is 1. The van der Waals surface area contributed by atoms with E-state index < -0.39 is 0 Å². The number of nitriles is 1. The molecule has 0 saturated carbocycles. The Bertz CT molecular complexity index is 536. The number of nitrogens with two attached hydrogens (primary N) is 1. The number of fused-ring (bicyclic) bond motifs is 1. The van der Waals surface area contributed by atoms with Crippen LogP contribution < -0.4 is 10.6 Å². The molecule has 2 heterocycles. The number of piperidine rings is 1. The van der Waals surface area contributed by atoms with Crippen LogP contribution in [0.5, 0.6) is 0 Å². The van der Waals surface area contributed by atoms with Crippen LogP contribution in [-0.2, 0) is 12.8 Å². The first kappa shape index (κ1) is 13.4. The van der Waals surface area contributed by atoms with Gasteiger partial charge in [0.25, 0.3) is 0 Å². The Morgan fingerprint density at radius 3 is 2.80 bits per heavy atom. The molecule has 1 aromatic rings. The van der Waals surface area contributed by atoms with Crippen LogP contribution in [0.3, 0.4) is 0 Å². The standard InChI is InChI=1S/C16H22N4/c1-11(18)12-5-7-20(8-6-12)16-14(10-17)9-13-3-2-4-15(13)19-16/h9,11-12H,2-8,18H2,1H3. The Labute approximate surface area is 120 Å². The molecule has 3 rings (SSSR count). The van der Waals surface area contributed by atoms with E-state index in [4.69, 9.17) is 10.7 Å². The molecule has 0 spiro atoms. The van der Waals surface area contributed by atoms with E-state index in [-0.39, 0.29) is 6.04 Å². The molecule has 4 nitrogen and oxygen atoms in total. The maximum Gasteiger partial charge on any atom is 0.146 e. The van der Waals surface area contributed by atoms with Crippen LogP contribution in [0.25, 0.3) is 0 Å². The lowest BCUT2D eigenvalue weighted by molar-refractivity contribution is 0.353. The van der Waals surface area contributed by atoms with E-state index in [0.717, 1.165) is 50.2 Å². The lowest BCUT2D eigenvalue weighted by atomic mass is 9.91. The van der Waals surface area contributed by atoms with Gasteiger partial charge < -0.3 is 10.6 Å². The molecule has 0 radical (unpaired) electrons. The molecule has 4 heteroatoms. The summed E-state index contributed by atoms with van der Waals surface area (Å²) in [6.07, 6.45) is 5.50. The van der Waals surface area contributed by atoms with Crippen molar-refractivity contribution in [1.82, 2.24) is 4.98 Å². The molecule has 1 saturated heterocycles. The summed E-state index contributed by atoms with van der Waals surface area (Å²) in [6.45, 7) is 4.02. The van der Waals surface area contributed by atoms with Crippen LogP contribution in [0.1, 0.15) is 43.0 Å². The summed E-state index contributed by atoms with van der Waals surface area (Å²) in [4.78, 5) is 7.06. The molecule has 106 valence electrons. The summed E-state index contributed by atoms with van der Waals surface area (Å²) in [5, 5.41) is 9.38. The average molecular weight is 270 g/mol. The van der Waals surface area contributed by atoms with Gasteiger partial charge in [-0.1, -0.05) is 0 Å². The van der Waals surface area contributed by atoms with Crippen LogP contribution in [0.2, 0.25) is 0 Å². The lowest BCUT2D eigenvalue weighted by Crippen LogP contribution is -2.40. The maximum absolute atomic E-state index is 9.38. The summed E-state index contributed by atoms with van der Waals surface area (Å²) >= 11 is 0. The Morgan fingerprint density at radius 2 is 2.15 bits per heavy atom. The third kappa shape index (κ3) is 2.38. The third-order valence-corrected chi connectivity index (χ3v) is 4.73. The Balaban J connectivity index is 1.83. The number of rotatable bonds is 2. The van der Waals surface area contributed by atoms with Gasteiger partial charge in [-0.05, 0) is 56.6 Å². The summed E-state index contributed by atoms with van der Waals surface area (Å²) < 4.78 is 0. The highest BCUT2D eigenvalue weighted by Crippen LogP contribution is 2.30. The molecule has 2 aliphatic rings. The van der Waals surface area contributed by atoms with Crippen molar-refractivity contribution in [3.05, 3.63) is 22.9 Å². The number of hydrogen-bond donors (Lipinski definition) is 1. The van der Waals surface area contributed by atoms with Crippen molar-refractivity contribution in [1.29, 1.82) is 5.26 Å². The van der Waals surface area contributed by atoms with E-state index in [2.05, 4.69) is 24.0 Å². The van der Waals surface area contributed by atoms with Crippen molar-refractivity contribution >= 4 is 5.82 Å². The minimum atomic E-state index is 0.264. The molecule has 2 N–H and O–H groups in total. The van der Waals surface area contributed by atoms with E-state index in [9.17, 15) is 5.26 Å². The molecule has 0 bridgehead atoms. The Hall–Kier alpha value is -1.60. The summed E-state index contributed by atoms with van der Waals surface area (Å²) in [6, 6.07) is 4.65. The lowest BCUT2D eigenvalue weighted by Gasteiger charge is -2.35. The van der Waals surface area contributed by atoms with Crippen LogP contribution in [-0.4, -0.2) is 24.1 Å². The molecule has 1 aliphatic carbocycles. The number of aryl methyl sites for hydroxylation is 2. The van der Waals surface area contributed by atoms with Gasteiger partial charge in [0.2, 0.25) is 0 Å². The van der Waals surface area contributed by atoms with Crippen molar-refractivity contribution in [2.24, 2.45) is 11.7 Å². The minimum Gasteiger partial charge on any atom is -0.355 e. The fourth-order valence-corrected chi connectivity index (χ4v) is 3.42. The van der Waals surface area contributed by atoms with Crippen LogP contribution in [0, 0.1) is 17.2 Å². The van der Waals surface area contributed by atoms with E-state index in [1.807, 2.05) is 0 Å². The van der Waals surface area contributed by atoms with Gasteiger partial charge in [0.15, 0.2) is 0 Å². The van der Waals surface area contributed by atoms with Gasteiger partial charge in [0.1, 0.15) is 11.9 Å². The van der Waals surface area contributed by atoms with Gasteiger partial charge in [-0.2, -0.15) is 5.26 Å². The largest absolute Gasteiger partial charge is 0.355 e. The molecular formula is C16H22N4. The smallest absolute Gasteiger partial charge is 0.146 e. The fourth-order valence-electron chi connectivity index (χ4n) is 3.42. The van der Waals surface area contributed by atoms with Gasteiger partial charge in [-0.25, -0.2) is 4.98 Å². The average Bonchev–Trinajstić information content (AvgIpc) is 2.93. The Morgan fingerprint density at radius 1 is 1.40 bits per heavy atom. The number of hydrogen-bond acceptors (Lipinski definition) is 4. The highest BCUT2D eigenvalue weighted by Gasteiger charge is 2.25. The first-order chi connectivity index (χ1) is 9.69. The molecule has 1 fully saturated rings. The number of anilines is 1. The first-order valence-electron chi connectivity index (χ1n) is 7.62. The quantitative estimate of drug-likeness (QED) is 0.892. The molecule has 0 amide bonds. The zero-order chi connectivity index (χ0) is 14.1. The fraction of sp³-hybridized carbons (Fsp3) is 0.625. The second-order valence-electron chi connectivity index (χ2n) is 6.11. The van der Waals surface area contributed by atoms with Crippen molar-refractivity contribution in [2.45, 2.75) is 45.1 Å². The molecule has 1 unspecified atom stereocenters. The van der Waals surface area contributed by atoms with Crippen LogP contribution >= 0.6 is 0 Å². The number of nitrogens with zero attached hydrogens (tertiary/aromatic N) is 3. The first-order valence-corrected chi connectivity index (χ1v) is 7.62. The minimum absolute atomic E-state index is 0.264. The SMILES string of the molecule is CC(N)C1CCN(c2nc3c(cc2C#N)CCC3)CC1. The van der Waals surface area contributed by atoms with E-state index in [0.29, 0.717) is 5.92 Å². The molecule has 0 aromatic carbocycles. The highest BCUT2D eigenvalue weighted by atomic mass is 15.2.